The minimum atomic E-state index is -0.871. The van der Waals surface area contributed by atoms with Crippen molar-refractivity contribution in [1.82, 2.24) is 5.32 Å². The number of rotatable bonds is 6. The SMILES string of the molecule is CCOC(=O)Oc1cc(OC)ccc1C(=O)NCCS. The van der Waals surface area contributed by atoms with Gasteiger partial charge in [0.2, 0.25) is 0 Å². The van der Waals surface area contributed by atoms with Gasteiger partial charge in [0.1, 0.15) is 5.75 Å². The Morgan fingerprint density at radius 2 is 2.10 bits per heavy atom. The van der Waals surface area contributed by atoms with Crippen molar-refractivity contribution in [3.8, 4) is 11.5 Å². The van der Waals surface area contributed by atoms with Crippen LogP contribution in [0.2, 0.25) is 0 Å². The average molecular weight is 299 g/mol. The molecule has 1 N–H and O–H groups in total. The molecule has 0 aliphatic heterocycles. The maximum absolute atomic E-state index is 11.9. The zero-order chi connectivity index (χ0) is 15.0. The van der Waals surface area contributed by atoms with Gasteiger partial charge in [-0.1, -0.05) is 0 Å². The normalized spacial score (nSPS) is 9.75. The highest BCUT2D eigenvalue weighted by Gasteiger charge is 2.16. The minimum Gasteiger partial charge on any atom is -0.497 e. The topological polar surface area (TPSA) is 73.9 Å². The van der Waals surface area contributed by atoms with Crippen molar-refractivity contribution in [2.24, 2.45) is 0 Å². The van der Waals surface area contributed by atoms with Gasteiger partial charge in [-0.3, -0.25) is 4.79 Å². The van der Waals surface area contributed by atoms with Crippen molar-refractivity contribution in [3.05, 3.63) is 23.8 Å². The van der Waals surface area contributed by atoms with Gasteiger partial charge >= 0.3 is 6.16 Å². The maximum Gasteiger partial charge on any atom is 0.513 e. The molecule has 1 rings (SSSR count). The smallest absolute Gasteiger partial charge is 0.497 e. The quantitative estimate of drug-likeness (QED) is 0.477. The number of amides is 1. The standard InChI is InChI=1S/C13H17NO5S/c1-3-18-13(16)19-11-8-9(17-2)4-5-10(11)12(15)14-6-7-20/h4-5,8,20H,3,6-7H2,1-2H3,(H,14,15). The molecule has 0 bridgehead atoms. The fraction of sp³-hybridized carbons (Fsp3) is 0.385. The molecule has 0 aliphatic carbocycles. The lowest BCUT2D eigenvalue weighted by molar-refractivity contribution is 0.0941. The molecular formula is C13H17NO5S. The zero-order valence-corrected chi connectivity index (χ0v) is 12.2. The number of hydrogen-bond donors (Lipinski definition) is 2. The summed E-state index contributed by atoms with van der Waals surface area (Å²) in [5, 5.41) is 2.64. The van der Waals surface area contributed by atoms with Crippen LogP contribution in [0.5, 0.6) is 11.5 Å². The number of benzene rings is 1. The first kappa shape index (κ1) is 16.2. The lowest BCUT2D eigenvalue weighted by atomic mass is 10.1. The van der Waals surface area contributed by atoms with Crippen LogP contribution in [0.3, 0.4) is 0 Å². The molecule has 7 heteroatoms. The van der Waals surface area contributed by atoms with Gasteiger partial charge in [0, 0.05) is 18.4 Å². The highest BCUT2D eigenvalue weighted by molar-refractivity contribution is 7.80. The Bertz CT molecular complexity index is 478. The predicted molar refractivity (Wildman–Crippen MR) is 76.8 cm³/mol. The van der Waals surface area contributed by atoms with E-state index in [4.69, 9.17) is 9.47 Å². The van der Waals surface area contributed by atoms with Gasteiger partial charge in [-0.2, -0.15) is 12.6 Å². The van der Waals surface area contributed by atoms with Crippen LogP contribution in [0.1, 0.15) is 17.3 Å². The zero-order valence-electron chi connectivity index (χ0n) is 11.3. The number of ether oxygens (including phenoxy) is 3. The number of nitrogens with one attached hydrogen (secondary N) is 1. The van der Waals surface area contributed by atoms with Crippen LogP contribution < -0.4 is 14.8 Å². The Balaban J connectivity index is 2.97. The van der Waals surface area contributed by atoms with Crippen molar-refractivity contribution >= 4 is 24.7 Å². The Kier molecular flexibility index (Phi) is 6.72. The van der Waals surface area contributed by atoms with Crippen molar-refractivity contribution in [1.29, 1.82) is 0 Å². The highest BCUT2D eigenvalue weighted by Crippen LogP contribution is 2.25. The summed E-state index contributed by atoms with van der Waals surface area (Å²) in [6.07, 6.45) is -0.871. The van der Waals surface area contributed by atoms with Gasteiger partial charge in [0.15, 0.2) is 5.75 Å². The first-order chi connectivity index (χ1) is 9.62. The van der Waals surface area contributed by atoms with Crippen LogP contribution >= 0.6 is 12.6 Å². The molecular weight excluding hydrogens is 282 g/mol. The lowest BCUT2D eigenvalue weighted by Crippen LogP contribution is -2.26. The molecule has 0 saturated heterocycles. The van der Waals surface area contributed by atoms with Gasteiger partial charge in [0.25, 0.3) is 5.91 Å². The van der Waals surface area contributed by atoms with E-state index in [-0.39, 0.29) is 23.8 Å². The van der Waals surface area contributed by atoms with Crippen molar-refractivity contribution in [2.45, 2.75) is 6.92 Å². The number of thiol groups is 1. The van der Waals surface area contributed by atoms with Gasteiger partial charge < -0.3 is 19.5 Å². The Hall–Kier alpha value is -1.89. The van der Waals surface area contributed by atoms with Gasteiger partial charge in [0.05, 0.1) is 19.3 Å². The van der Waals surface area contributed by atoms with E-state index in [1.807, 2.05) is 0 Å². The molecule has 0 aliphatic rings. The second-order valence-electron chi connectivity index (χ2n) is 3.63. The van der Waals surface area contributed by atoms with Gasteiger partial charge in [-0.15, -0.1) is 0 Å². The van der Waals surface area contributed by atoms with Crippen LogP contribution in [-0.2, 0) is 4.74 Å². The van der Waals surface area contributed by atoms with E-state index in [0.717, 1.165) is 0 Å². The third-order valence-corrected chi connectivity index (χ3v) is 2.51. The monoisotopic (exact) mass is 299 g/mol. The molecule has 0 atom stereocenters. The third-order valence-electron chi connectivity index (χ3n) is 2.29. The van der Waals surface area contributed by atoms with Crippen LogP contribution in [-0.4, -0.2) is 38.1 Å². The summed E-state index contributed by atoms with van der Waals surface area (Å²) < 4.78 is 14.7. The van der Waals surface area contributed by atoms with Crippen LogP contribution in [0.25, 0.3) is 0 Å². The summed E-state index contributed by atoms with van der Waals surface area (Å²) in [5.74, 6) is 0.700. The minimum absolute atomic E-state index is 0.0828. The van der Waals surface area contributed by atoms with E-state index in [1.165, 1.54) is 19.2 Å². The third kappa shape index (κ3) is 4.65. The molecule has 0 spiro atoms. The second kappa shape index (κ2) is 8.31. The molecule has 1 amide bonds. The molecule has 0 saturated carbocycles. The summed E-state index contributed by atoms with van der Waals surface area (Å²) >= 11 is 4.01. The predicted octanol–water partition coefficient (Wildman–Crippen LogP) is 1.89. The molecule has 110 valence electrons. The first-order valence-electron chi connectivity index (χ1n) is 6.04. The van der Waals surface area contributed by atoms with E-state index in [1.54, 1.807) is 13.0 Å². The number of methoxy groups -OCH3 is 1. The summed E-state index contributed by atoms with van der Waals surface area (Å²) in [5.41, 5.74) is 0.223. The summed E-state index contributed by atoms with van der Waals surface area (Å²) in [7, 11) is 1.48. The first-order valence-corrected chi connectivity index (χ1v) is 6.67. The summed E-state index contributed by atoms with van der Waals surface area (Å²) in [4.78, 5) is 23.3. The van der Waals surface area contributed by atoms with Gasteiger partial charge in [-0.05, 0) is 19.1 Å². The lowest BCUT2D eigenvalue weighted by Gasteiger charge is -2.11. The molecule has 6 nitrogen and oxygen atoms in total. The molecule has 1 aromatic carbocycles. The van der Waals surface area contributed by atoms with E-state index in [0.29, 0.717) is 18.0 Å². The van der Waals surface area contributed by atoms with E-state index in [2.05, 4.69) is 22.7 Å². The summed E-state index contributed by atoms with van der Waals surface area (Å²) in [6, 6.07) is 4.57. The second-order valence-corrected chi connectivity index (χ2v) is 4.07. The number of carbonyl (C=O) groups excluding carboxylic acids is 2. The van der Waals surface area contributed by atoms with Gasteiger partial charge in [-0.25, -0.2) is 4.79 Å². The fourth-order valence-corrected chi connectivity index (χ4v) is 1.52. The largest absolute Gasteiger partial charge is 0.513 e. The van der Waals surface area contributed by atoms with E-state index < -0.39 is 6.16 Å². The molecule has 0 unspecified atom stereocenters. The Morgan fingerprint density at radius 1 is 1.35 bits per heavy atom. The van der Waals surface area contributed by atoms with Crippen LogP contribution in [0, 0.1) is 0 Å². The van der Waals surface area contributed by atoms with E-state index >= 15 is 0 Å². The van der Waals surface area contributed by atoms with Crippen LogP contribution in [0.4, 0.5) is 4.79 Å². The summed E-state index contributed by atoms with van der Waals surface area (Å²) in [6.45, 7) is 2.25. The molecule has 0 heterocycles. The maximum atomic E-state index is 11.9. The Labute approximate surface area is 122 Å². The molecule has 0 aromatic heterocycles. The average Bonchev–Trinajstić information content (AvgIpc) is 2.44. The molecule has 0 fully saturated rings. The highest BCUT2D eigenvalue weighted by atomic mass is 32.1. The fourth-order valence-electron chi connectivity index (χ4n) is 1.40. The number of hydrogen-bond acceptors (Lipinski definition) is 6. The van der Waals surface area contributed by atoms with Crippen molar-refractivity contribution in [3.63, 3.8) is 0 Å². The van der Waals surface area contributed by atoms with Crippen LogP contribution in [0.15, 0.2) is 18.2 Å². The number of carbonyl (C=O) groups is 2. The Morgan fingerprint density at radius 3 is 2.70 bits per heavy atom. The molecule has 0 radical (unpaired) electrons. The molecule has 20 heavy (non-hydrogen) atoms. The van der Waals surface area contributed by atoms with E-state index in [9.17, 15) is 9.59 Å². The van der Waals surface area contributed by atoms with Crippen molar-refractivity contribution < 1.29 is 23.8 Å². The molecule has 1 aromatic rings. The van der Waals surface area contributed by atoms with Crippen molar-refractivity contribution in [2.75, 3.05) is 26.0 Å².